The highest BCUT2D eigenvalue weighted by molar-refractivity contribution is 5.95. The van der Waals surface area contributed by atoms with Crippen LogP contribution in [0.5, 0.6) is 0 Å². The van der Waals surface area contributed by atoms with Crippen molar-refractivity contribution in [3.8, 4) is 0 Å². The lowest BCUT2D eigenvalue weighted by molar-refractivity contribution is -0.134. The van der Waals surface area contributed by atoms with Gasteiger partial charge in [0.2, 0.25) is 12.3 Å². The summed E-state index contributed by atoms with van der Waals surface area (Å²) in [7, 11) is 0. The van der Waals surface area contributed by atoms with Crippen LogP contribution >= 0.6 is 0 Å². The van der Waals surface area contributed by atoms with Gasteiger partial charge in [-0.3, -0.25) is 29.0 Å². The number of benzene rings is 2. The summed E-state index contributed by atoms with van der Waals surface area (Å²) in [4.78, 5) is 59.5. The van der Waals surface area contributed by atoms with E-state index in [0.29, 0.717) is 67.1 Å². The van der Waals surface area contributed by atoms with E-state index in [2.05, 4.69) is 20.0 Å². The zero-order chi connectivity index (χ0) is 31.3. The second-order valence-electron chi connectivity index (χ2n) is 12.4. The number of halogens is 1. The predicted octanol–water partition coefficient (Wildman–Crippen LogP) is 1.42. The van der Waals surface area contributed by atoms with Crippen molar-refractivity contribution in [2.45, 2.75) is 19.3 Å². The Bertz CT molecular complexity index is 1590. The second-order valence-corrected chi connectivity index (χ2v) is 12.4. The number of likely N-dealkylation sites (tertiary alicyclic amines) is 1. The maximum absolute atomic E-state index is 14.9. The smallest absolute Gasteiger partial charge is 0.272 e. The minimum atomic E-state index is -0.590. The number of fused-ring (bicyclic) bond motifs is 1. The minimum Gasteiger partial charge on any atom is -0.343 e. The van der Waals surface area contributed by atoms with Crippen molar-refractivity contribution in [1.82, 2.24) is 34.7 Å². The molecular weight excluding hydrogens is 577 g/mol. The summed E-state index contributed by atoms with van der Waals surface area (Å²) >= 11 is 0. The third-order valence-corrected chi connectivity index (χ3v) is 9.47. The van der Waals surface area contributed by atoms with Crippen LogP contribution in [0.3, 0.4) is 0 Å². The highest BCUT2D eigenvalue weighted by Gasteiger charge is 2.29. The Hall–Kier alpha value is -4.16. The van der Waals surface area contributed by atoms with Gasteiger partial charge in [-0.25, -0.2) is 9.49 Å². The normalized spacial score (nSPS) is 18.8. The molecule has 0 unspecified atom stereocenters. The van der Waals surface area contributed by atoms with E-state index < -0.39 is 11.7 Å². The molecule has 0 aliphatic carbocycles. The number of piperazine rings is 2. The minimum absolute atomic E-state index is 0.00510. The number of H-pyrrole nitrogens is 1. The van der Waals surface area contributed by atoms with Crippen molar-refractivity contribution >= 4 is 29.0 Å². The van der Waals surface area contributed by atoms with Gasteiger partial charge in [0.25, 0.3) is 11.5 Å². The quantitative estimate of drug-likeness (QED) is 0.381. The van der Waals surface area contributed by atoms with Crippen LogP contribution in [0.1, 0.15) is 34.5 Å². The van der Waals surface area contributed by atoms with Crippen LogP contribution in [0, 0.1) is 11.7 Å². The Kier molecular flexibility index (Phi) is 9.50. The highest BCUT2D eigenvalue weighted by Crippen LogP contribution is 2.22. The molecule has 0 radical (unpaired) electrons. The Morgan fingerprint density at radius 3 is 2.27 bits per heavy atom. The molecule has 238 valence electrons. The Morgan fingerprint density at radius 2 is 1.56 bits per heavy atom. The summed E-state index contributed by atoms with van der Waals surface area (Å²) in [6.45, 7) is 8.19. The van der Waals surface area contributed by atoms with E-state index in [1.165, 1.54) is 6.07 Å². The summed E-state index contributed by atoms with van der Waals surface area (Å²) < 4.78 is 14.9. The van der Waals surface area contributed by atoms with Crippen molar-refractivity contribution in [1.29, 1.82) is 0 Å². The lowest BCUT2D eigenvalue weighted by Crippen LogP contribution is -2.53. The van der Waals surface area contributed by atoms with Gasteiger partial charge in [0, 0.05) is 70.7 Å². The van der Waals surface area contributed by atoms with Crippen LogP contribution in [0.4, 0.5) is 4.39 Å². The van der Waals surface area contributed by atoms with Crippen LogP contribution < -0.4 is 5.56 Å². The molecule has 3 amide bonds. The van der Waals surface area contributed by atoms with Gasteiger partial charge in [-0.05, 0) is 55.6 Å². The van der Waals surface area contributed by atoms with Crippen LogP contribution in [0.25, 0.3) is 10.8 Å². The number of carbonyl (C=O) groups excluding carboxylic acids is 3. The van der Waals surface area contributed by atoms with E-state index in [1.54, 1.807) is 29.2 Å². The molecule has 0 atom stereocenters. The molecule has 12 heteroatoms. The SMILES string of the molecule is O=CN1CCN(CC2CCN(CC(=O)N3CCN(C(=O)c4cc(Cc5n[nH]c(=O)c6ccccc56)ccc4F)CC3)CC2)CC1. The van der Waals surface area contributed by atoms with E-state index in [1.807, 2.05) is 21.9 Å². The molecule has 3 aliphatic rings. The molecule has 4 heterocycles. The molecule has 2 aromatic carbocycles. The molecule has 45 heavy (non-hydrogen) atoms. The first kappa shape index (κ1) is 30.8. The third-order valence-electron chi connectivity index (χ3n) is 9.47. The van der Waals surface area contributed by atoms with Crippen molar-refractivity contribution in [2.75, 3.05) is 78.5 Å². The number of nitrogens with one attached hydrogen (secondary N) is 1. The fraction of sp³-hybridized carbons (Fsp3) is 0.485. The molecule has 0 saturated carbocycles. The average molecular weight is 618 g/mol. The molecule has 3 aliphatic heterocycles. The molecule has 3 fully saturated rings. The van der Waals surface area contributed by atoms with Gasteiger partial charge in [0.1, 0.15) is 5.82 Å². The Balaban J connectivity index is 0.981. The summed E-state index contributed by atoms with van der Waals surface area (Å²) in [6.07, 6.45) is 3.38. The maximum Gasteiger partial charge on any atom is 0.272 e. The number of nitrogens with zero attached hydrogens (tertiary/aromatic N) is 6. The predicted molar refractivity (Wildman–Crippen MR) is 167 cm³/mol. The van der Waals surface area contributed by atoms with E-state index in [-0.39, 0.29) is 17.0 Å². The van der Waals surface area contributed by atoms with E-state index in [9.17, 15) is 23.6 Å². The molecular formula is C33H40FN7O4. The number of aromatic nitrogens is 2. The van der Waals surface area contributed by atoms with Crippen molar-refractivity contribution in [3.63, 3.8) is 0 Å². The van der Waals surface area contributed by atoms with Crippen molar-refractivity contribution < 1.29 is 18.8 Å². The average Bonchev–Trinajstić information content (AvgIpc) is 3.08. The molecule has 1 N–H and O–H groups in total. The lowest BCUT2D eigenvalue weighted by Gasteiger charge is -2.39. The van der Waals surface area contributed by atoms with Crippen LogP contribution in [0.15, 0.2) is 47.3 Å². The van der Waals surface area contributed by atoms with Crippen molar-refractivity contribution in [2.24, 2.45) is 5.92 Å². The van der Waals surface area contributed by atoms with Crippen LogP contribution in [-0.2, 0) is 16.0 Å². The summed E-state index contributed by atoms with van der Waals surface area (Å²) in [5.41, 5.74) is 1.07. The number of carbonyl (C=O) groups is 3. The number of amides is 3. The van der Waals surface area contributed by atoms with Gasteiger partial charge >= 0.3 is 0 Å². The summed E-state index contributed by atoms with van der Waals surface area (Å²) in [6, 6.07) is 11.7. The topological polar surface area (TPSA) is 113 Å². The zero-order valence-corrected chi connectivity index (χ0v) is 25.5. The Labute approximate surface area is 261 Å². The van der Waals surface area contributed by atoms with Crippen LogP contribution in [0.2, 0.25) is 0 Å². The highest BCUT2D eigenvalue weighted by atomic mass is 19.1. The van der Waals surface area contributed by atoms with Gasteiger partial charge in [-0.1, -0.05) is 24.3 Å². The fourth-order valence-corrected chi connectivity index (χ4v) is 6.71. The molecule has 0 spiro atoms. The first-order chi connectivity index (χ1) is 21.9. The number of aromatic amines is 1. The number of rotatable bonds is 8. The van der Waals surface area contributed by atoms with Crippen LogP contribution in [-0.4, -0.2) is 131 Å². The number of hydrogen-bond donors (Lipinski definition) is 1. The maximum atomic E-state index is 14.9. The molecule has 3 saturated heterocycles. The van der Waals surface area contributed by atoms with E-state index in [0.717, 1.165) is 65.1 Å². The van der Waals surface area contributed by atoms with Gasteiger partial charge < -0.3 is 14.7 Å². The molecule has 11 nitrogen and oxygen atoms in total. The molecule has 1 aromatic heterocycles. The summed E-state index contributed by atoms with van der Waals surface area (Å²) in [5, 5.41) is 7.97. The first-order valence-corrected chi connectivity index (χ1v) is 15.8. The van der Waals surface area contributed by atoms with Crippen molar-refractivity contribution in [3.05, 3.63) is 75.5 Å². The third kappa shape index (κ3) is 7.23. The summed E-state index contributed by atoms with van der Waals surface area (Å²) in [5.74, 6) is -0.303. The van der Waals surface area contributed by atoms with Gasteiger partial charge in [-0.15, -0.1) is 0 Å². The zero-order valence-electron chi connectivity index (χ0n) is 25.5. The monoisotopic (exact) mass is 617 g/mol. The van der Waals surface area contributed by atoms with Gasteiger partial charge in [0.05, 0.1) is 23.2 Å². The van der Waals surface area contributed by atoms with Gasteiger partial charge in [0.15, 0.2) is 0 Å². The number of hydrogen-bond acceptors (Lipinski definition) is 7. The fourth-order valence-electron chi connectivity index (χ4n) is 6.71. The second kappa shape index (κ2) is 13.9. The van der Waals surface area contributed by atoms with E-state index in [4.69, 9.17) is 0 Å². The lowest BCUT2D eigenvalue weighted by atomic mass is 9.96. The molecule has 0 bridgehead atoms. The number of piperidine rings is 1. The molecule has 3 aromatic rings. The van der Waals surface area contributed by atoms with E-state index >= 15 is 0 Å². The first-order valence-electron chi connectivity index (χ1n) is 15.8. The molecule has 6 rings (SSSR count). The standard InChI is InChI=1S/C33H40FN7O4/c34-29-6-5-25(20-30-26-3-1-2-4-27(26)32(44)36-35-30)19-28(29)33(45)41-17-15-40(16-18-41)31(43)22-37-9-7-24(8-10-37)21-38-11-13-39(23-42)14-12-38/h1-6,19,23-24H,7-18,20-22H2,(H,36,44). The van der Waals surface area contributed by atoms with Gasteiger partial charge in [-0.2, -0.15) is 5.10 Å². The largest absolute Gasteiger partial charge is 0.343 e. The Morgan fingerprint density at radius 1 is 0.867 bits per heavy atom.